The molecule has 0 bridgehead atoms. The lowest BCUT2D eigenvalue weighted by Crippen LogP contribution is -2.42. The highest BCUT2D eigenvalue weighted by molar-refractivity contribution is 5.35. The van der Waals surface area contributed by atoms with Crippen molar-refractivity contribution in [2.45, 2.75) is 53.1 Å². The summed E-state index contributed by atoms with van der Waals surface area (Å²) >= 11 is 0. The van der Waals surface area contributed by atoms with E-state index in [1.54, 1.807) is 0 Å². The van der Waals surface area contributed by atoms with Gasteiger partial charge in [-0.15, -0.1) is 0 Å². The Labute approximate surface area is 116 Å². The minimum absolute atomic E-state index is 0.625. The molecule has 0 radical (unpaired) electrons. The van der Waals surface area contributed by atoms with Gasteiger partial charge in [0.1, 0.15) is 11.6 Å². The second-order valence-electron chi connectivity index (χ2n) is 5.67. The minimum Gasteiger partial charge on any atom is -0.370 e. The topological polar surface area (TPSA) is 41.1 Å². The summed E-state index contributed by atoms with van der Waals surface area (Å²) in [6.07, 6.45) is 2.63. The highest BCUT2D eigenvalue weighted by Gasteiger charge is 2.25. The molecule has 0 aliphatic carbocycles. The van der Waals surface area contributed by atoms with Crippen LogP contribution in [0, 0.1) is 12.8 Å². The predicted octanol–water partition coefficient (Wildman–Crippen LogP) is 2.84. The molecule has 2 heterocycles. The monoisotopic (exact) mass is 262 g/mol. The third-order valence-electron chi connectivity index (χ3n) is 4.11. The highest BCUT2D eigenvalue weighted by atomic mass is 15.2. The fraction of sp³-hybridized carbons (Fsp3) is 0.733. The maximum atomic E-state index is 4.61. The van der Waals surface area contributed by atoms with Crippen LogP contribution in [0.5, 0.6) is 0 Å². The summed E-state index contributed by atoms with van der Waals surface area (Å²) < 4.78 is 0. The Morgan fingerprint density at radius 3 is 2.89 bits per heavy atom. The van der Waals surface area contributed by atoms with E-state index in [9.17, 15) is 0 Å². The van der Waals surface area contributed by atoms with E-state index in [0.717, 1.165) is 36.3 Å². The summed E-state index contributed by atoms with van der Waals surface area (Å²) in [6.45, 7) is 11.7. The Hall–Kier alpha value is -1.16. The van der Waals surface area contributed by atoms with Gasteiger partial charge >= 0.3 is 0 Å². The fourth-order valence-corrected chi connectivity index (χ4v) is 2.80. The van der Waals surface area contributed by atoms with Crippen LogP contribution in [0.1, 0.15) is 45.1 Å². The van der Waals surface area contributed by atoms with Crippen LogP contribution >= 0.6 is 0 Å². The third kappa shape index (κ3) is 3.66. The van der Waals surface area contributed by atoms with Gasteiger partial charge < -0.3 is 5.32 Å². The van der Waals surface area contributed by atoms with Gasteiger partial charge in [0.05, 0.1) is 6.54 Å². The van der Waals surface area contributed by atoms with Crippen molar-refractivity contribution in [3.8, 4) is 0 Å². The van der Waals surface area contributed by atoms with Crippen LogP contribution in [-0.4, -0.2) is 34.0 Å². The zero-order valence-corrected chi connectivity index (χ0v) is 12.6. The van der Waals surface area contributed by atoms with Gasteiger partial charge in [-0.2, -0.15) is 0 Å². The number of aromatic nitrogens is 2. The van der Waals surface area contributed by atoms with Crippen molar-refractivity contribution < 1.29 is 0 Å². The maximum absolute atomic E-state index is 4.61. The Morgan fingerprint density at radius 1 is 1.37 bits per heavy atom. The quantitative estimate of drug-likeness (QED) is 0.906. The van der Waals surface area contributed by atoms with Crippen molar-refractivity contribution in [2.75, 3.05) is 18.4 Å². The van der Waals surface area contributed by atoms with Gasteiger partial charge in [0.25, 0.3) is 0 Å². The molecule has 2 rings (SSSR count). The number of nitrogens with one attached hydrogen (secondary N) is 1. The number of hydrogen-bond donors (Lipinski definition) is 1. The van der Waals surface area contributed by atoms with E-state index in [2.05, 4.69) is 41.0 Å². The SMILES string of the molecule is CCNc1cc(C)nc(CN2CCCC(C)C2C)n1. The van der Waals surface area contributed by atoms with Crippen LogP contribution in [0.4, 0.5) is 5.82 Å². The molecule has 1 aliphatic rings. The molecule has 2 unspecified atom stereocenters. The van der Waals surface area contributed by atoms with Crippen molar-refractivity contribution in [1.29, 1.82) is 0 Å². The van der Waals surface area contributed by atoms with Gasteiger partial charge in [-0.1, -0.05) is 6.92 Å². The van der Waals surface area contributed by atoms with Crippen LogP contribution in [0.3, 0.4) is 0 Å². The van der Waals surface area contributed by atoms with E-state index >= 15 is 0 Å². The standard InChI is InChI=1S/C15H26N4/c1-5-16-14-9-12(3)17-15(18-14)10-19-8-6-7-11(2)13(19)4/h9,11,13H,5-8,10H2,1-4H3,(H,16,17,18). The van der Waals surface area contributed by atoms with Gasteiger partial charge in [-0.3, -0.25) is 4.90 Å². The van der Waals surface area contributed by atoms with Crippen molar-refractivity contribution >= 4 is 5.82 Å². The molecule has 4 nitrogen and oxygen atoms in total. The summed E-state index contributed by atoms with van der Waals surface area (Å²) in [4.78, 5) is 11.7. The molecule has 1 saturated heterocycles. The second kappa shape index (κ2) is 6.33. The number of rotatable bonds is 4. The Kier molecular flexibility index (Phi) is 4.75. The summed E-state index contributed by atoms with van der Waals surface area (Å²) in [7, 11) is 0. The first-order valence-electron chi connectivity index (χ1n) is 7.42. The highest BCUT2D eigenvalue weighted by Crippen LogP contribution is 2.24. The molecule has 0 spiro atoms. The lowest BCUT2D eigenvalue weighted by molar-refractivity contribution is 0.104. The average Bonchev–Trinajstić information content (AvgIpc) is 2.35. The molecule has 0 aromatic carbocycles. The van der Waals surface area contributed by atoms with Gasteiger partial charge in [-0.25, -0.2) is 9.97 Å². The molecule has 1 fully saturated rings. The van der Waals surface area contributed by atoms with Crippen molar-refractivity contribution in [3.63, 3.8) is 0 Å². The minimum atomic E-state index is 0.625. The average molecular weight is 262 g/mol. The van der Waals surface area contributed by atoms with Gasteiger partial charge in [0.15, 0.2) is 0 Å². The maximum Gasteiger partial charge on any atom is 0.144 e. The molecule has 106 valence electrons. The Balaban J connectivity index is 2.09. The molecule has 1 aliphatic heterocycles. The number of likely N-dealkylation sites (tertiary alicyclic amines) is 1. The lowest BCUT2D eigenvalue weighted by atomic mass is 9.92. The smallest absolute Gasteiger partial charge is 0.144 e. The molecular formula is C15H26N4. The molecule has 1 aromatic rings. The van der Waals surface area contributed by atoms with E-state index in [-0.39, 0.29) is 0 Å². The number of aryl methyl sites for hydroxylation is 1. The molecule has 19 heavy (non-hydrogen) atoms. The molecule has 1 N–H and O–H groups in total. The number of piperidine rings is 1. The Morgan fingerprint density at radius 2 is 2.16 bits per heavy atom. The Bertz CT molecular complexity index is 419. The number of nitrogens with zero attached hydrogens (tertiary/aromatic N) is 3. The van der Waals surface area contributed by atoms with Crippen LogP contribution < -0.4 is 5.32 Å². The van der Waals surface area contributed by atoms with Crippen LogP contribution in [0.15, 0.2) is 6.07 Å². The van der Waals surface area contributed by atoms with Gasteiger partial charge in [0.2, 0.25) is 0 Å². The normalized spacial score (nSPS) is 24.4. The van der Waals surface area contributed by atoms with Gasteiger partial charge in [0, 0.05) is 24.3 Å². The molecule has 0 saturated carbocycles. The summed E-state index contributed by atoms with van der Waals surface area (Å²) in [6, 6.07) is 2.63. The third-order valence-corrected chi connectivity index (χ3v) is 4.11. The largest absolute Gasteiger partial charge is 0.370 e. The molecule has 4 heteroatoms. The fourth-order valence-electron chi connectivity index (χ4n) is 2.80. The van der Waals surface area contributed by atoms with Crippen LogP contribution in [0.2, 0.25) is 0 Å². The molecule has 1 aromatic heterocycles. The van der Waals surface area contributed by atoms with Gasteiger partial charge in [-0.05, 0) is 46.1 Å². The lowest BCUT2D eigenvalue weighted by Gasteiger charge is -2.37. The zero-order valence-electron chi connectivity index (χ0n) is 12.6. The van der Waals surface area contributed by atoms with E-state index in [4.69, 9.17) is 0 Å². The first kappa shape index (κ1) is 14.3. The van der Waals surface area contributed by atoms with Crippen molar-refractivity contribution in [2.24, 2.45) is 5.92 Å². The molecule has 2 atom stereocenters. The molecular weight excluding hydrogens is 236 g/mol. The van der Waals surface area contributed by atoms with E-state index in [1.807, 2.05) is 13.0 Å². The number of hydrogen-bond acceptors (Lipinski definition) is 4. The van der Waals surface area contributed by atoms with Crippen LogP contribution in [-0.2, 0) is 6.54 Å². The summed E-state index contributed by atoms with van der Waals surface area (Å²) in [5.74, 6) is 2.66. The predicted molar refractivity (Wildman–Crippen MR) is 79.2 cm³/mol. The first-order chi connectivity index (χ1) is 9.10. The van der Waals surface area contributed by atoms with E-state index < -0.39 is 0 Å². The summed E-state index contributed by atoms with van der Waals surface area (Å²) in [5, 5.41) is 3.28. The summed E-state index contributed by atoms with van der Waals surface area (Å²) in [5.41, 5.74) is 1.04. The van der Waals surface area contributed by atoms with E-state index in [0.29, 0.717) is 6.04 Å². The first-order valence-corrected chi connectivity index (χ1v) is 7.42. The van der Waals surface area contributed by atoms with Crippen molar-refractivity contribution in [1.82, 2.24) is 14.9 Å². The van der Waals surface area contributed by atoms with Crippen molar-refractivity contribution in [3.05, 3.63) is 17.6 Å². The molecule has 0 amide bonds. The zero-order chi connectivity index (χ0) is 13.8. The van der Waals surface area contributed by atoms with Crippen LogP contribution in [0.25, 0.3) is 0 Å². The second-order valence-corrected chi connectivity index (χ2v) is 5.67. The van der Waals surface area contributed by atoms with E-state index in [1.165, 1.54) is 19.4 Å². The number of anilines is 1.